The number of nitrogens with one attached hydrogen (secondary N) is 3. The van der Waals surface area contributed by atoms with E-state index in [1.165, 1.54) is 0 Å². The normalized spacial score (nSPS) is 15.2. The number of carbonyl (C=O) groups is 6. The van der Waals surface area contributed by atoms with Gasteiger partial charge in [0.2, 0.25) is 17.7 Å². The Balaban J connectivity index is 5.51. The van der Waals surface area contributed by atoms with Crippen molar-refractivity contribution in [2.45, 2.75) is 76.5 Å². The number of carboxylic acids is 3. The average molecular weight is 490 g/mol. The first-order valence-corrected chi connectivity index (χ1v) is 10.9. The molecule has 0 aromatic rings. The quantitative estimate of drug-likeness (QED) is 0.103. The Bertz CT molecular complexity index is 746. The SMILES string of the molecule is CCC(C)C(NC(=O)C(N)CCCCN)C(=O)NC(CC(=O)O)C(=O)NC(CC(=O)O)C(=O)O. The summed E-state index contributed by atoms with van der Waals surface area (Å²) in [4.78, 5) is 71.1. The first kappa shape index (κ1) is 30.7. The van der Waals surface area contributed by atoms with Gasteiger partial charge in [-0.05, 0) is 25.3 Å². The molecule has 14 nitrogen and oxygen atoms in total. The fourth-order valence-electron chi connectivity index (χ4n) is 2.89. The van der Waals surface area contributed by atoms with E-state index in [0.717, 1.165) is 0 Å². The number of amides is 3. The number of carboxylic acid groups (broad SMARTS) is 3. The maximum atomic E-state index is 12.9. The Morgan fingerprint density at radius 2 is 1.32 bits per heavy atom. The molecule has 0 spiro atoms. The predicted octanol–water partition coefficient (Wildman–Crippen LogP) is -2.02. The Hall–Kier alpha value is -3.26. The number of nitrogens with two attached hydrogens (primary N) is 2. The third kappa shape index (κ3) is 11.6. The summed E-state index contributed by atoms with van der Waals surface area (Å²) < 4.78 is 0. The molecule has 0 fully saturated rings. The lowest BCUT2D eigenvalue weighted by Gasteiger charge is -2.27. The van der Waals surface area contributed by atoms with E-state index in [2.05, 4.69) is 10.6 Å². The van der Waals surface area contributed by atoms with Crippen LogP contribution in [0.1, 0.15) is 52.4 Å². The zero-order valence-corrected chi connectivity index (χ0v) is 19.3. The van der Waals surface area contributed by atoms with Crippen LogP contribution < -0.4 is 27.4 Å². The largest absolute Gasteiger partial charge is 0.481 e. The van der Waals surface area contributed by atoms with Crippen molar-refractivity contribution in [2.75, 3.05) is 6.54 Å². The molecule has 0 rings (SSSR count). The van der Waals surface area contributed by atoms with E-state index >= 15 is 0 Å². The average Bonchev–Trinajstić information content (AvgIpc) is 2.74. The summed E-state index contributed by atoms with van der Waals surface area (Å²) in [6.07, 6.45) is 0.187. The highest BCUT2D eigenvalue weighted by molar-refractivity contribution is 5.96. The van der Waals surface area contributed by atoms with Crippen molar-refractivity contribution in [3.63, 3.8) is 0 Å². The van der Waals surface area contributed by atoms with Gasteiger partial charge in [-0.2, -0.15) is 0 Å². The molecule has 10 N–H and O–H groups in total. The number of hydrogen-bond acceptors (Lipinski definition) is 8. The van der Waals surface area contributed by atoms with Gasteiger partial charge in [0.1, 0.15) is 18.1 Å². The molecule has 14 heteroatoms. The molecule has 34 heavy (non-hydrogen) atoms. The maximum absolute atomic E-state index is 12.9. The molecule has 0 aliphatic heterocycles. The molecule has 194 valence electrons. The predicted molar refractivity (Wildman–Crippen MR) is 118 cm³/mol. The smallest absolute Gasteiger partial charge is 0.326 e. The number of rotatable bonds is 17. The Kier molecular flexibility index (Phi) is 14.1. The second kappa shape index (κ2) is 15.6. The third-order valence-electron chi connectivity index (χ3n) is 5.10. The van der Waals surface area contributed by atoms with E-state index < -0.39 is 78.6 Å². The molecule has 0 aromatic carbocycles. The summed E-state index contributed by atoms with van der Waals surface area (Å²) >= 11 is 0. The van der Waals surface area contributed by atoms with Crippen molar-refractivity contribution in [1.82, 2.24) is 16.0 Å². The van der Waals surface area contributed by atoms with E-state index in [4.69, 9.17) is 26.8 Å². The number of hydrogen-bond donors (Lipinski definition) is 8. The number of aliphatic carboxylic acids is 3. The fraction of sp³-hybridized carbons (Fsp3) is 0.700. The molecule has 5 unspecified atom stereocenters. The van der Waals surface area contributed by atoms with E-state index in [1.807, 2.05) is 5.32 Å². The van der Waals surface area contributed by atoms with Gasteiger partial charge in [-0.15, -0.1) is 0 Å². The van der Waals surface area contributed by atoms with Gasteiger partial charge in [0.25, 0.3) is 0 Å². The highest BCUT2D eigenvalue weighted by Gasteiger charge is 2.33. The Labute approximate surface area is 196 Å². The van der Waals surface area contributed by atoms with E-state index in [-0.39, 0.29) is 0 Å². The van der Waals surface area contributed by atoms with Gasteiger partial charge in [-0.1, -0.05) is 26.7 Å². The summed E-state index contributed by atoms with van der Waals surface area (Å²) in [5.74, 6) is -7.73. The minimum atomic E-state index is -1.84. The zero-order chi connectivity index (χ0) is 26.4. The van der Waals surface area contributed by atoms with Crippen LogP contribution in [0.3, 0.4) is 0 Å². The molecular weight excluding hydrogens is 454 g/mol. The first-order chi connectivity index (χ1) is 15.8. The Morgan fingerprint density at radius 1 is 0.794 bits per heavy atom. The standard InChI is InChI=1S/C20H35N5O9/c1-3-10(2)16(25-17(30)11(22)6-4-5-7-21)19(32)23-12(8-14(26)27)18(31)24-13(20(33)34)9-15(28)29/h10-13,16H,3-9,21-22H2,1-2H3,(H,23,32)(H,24,31)(H,25,30)(H,26,27)(H,28,29)(H,33,34). The maximum Gasteiger partial charge on any atom is 0.326 e. The first-order valence-electron chi connectivity index (χ1n) is 10.9. The molecule has 0 aliphatic carbocycles. The summed E-state index contributed by atoms with van der Waals surface area (Å²) in [6.45, 7) is 3.85. The number of carbonyl (C=O) groups excluding carboxylic acids is 3. The molecule has 0 saturated carbocycles. The van der Waals surface area contributed by atoms with Crippen LogP contribution in [0, 0.1) is 5.92 Å². The van der Waals surface area contributed by atoms with Gasteiger partial charge in [-0.25, -0.2) is 4.79 Å². The molecule has 3 amide bonds. The molecule has 0 aromatic heterocycles. The minimum absolute atomic E-state index is 0.335. The third-order valence-corrected chi connectivity index (χ3v) is 5.10. The van der Waals surface area contributed by atoms with Crippen LogP contribution in [0.5, 0.6) is 0 Å². The molecule has 5 atom stereocenters. The highest BCUT2D eigenvalue weighted by Crippen LogP contribution is 2.10. The van der Waals surface area contributed by atoms with Gasteiger partial charge in [0.15, 0.2) is 0 Å². The fourth-order valence-corrected chi connectivity index (χ4v) is 2.89. The molecule has 0 heterocycles. The van der Waals surface area contributed by atoms with Crippen molar-refractivity contribution in [3.05, 3.63) is 0 Å². The van der Waals surface area contributed by atoms with Crippen LogP contribution in [0.2, 0.25) is 0 Å². The van der Waals surface area contributed by atoms with Crippen LogP contribution >= 0.6 is 0 Å². The van der Waals surface area contributed by atoms with E-state index in [1.54, 1.807) is 13.8 Å². The summed E-state index contributed by atoms with van der Waals surface area (Å²) in [7, 11) is 0. The summed E-state index contributed by atoms with van der Waals surface area (Å²) in [6, 6.07) is -5.62. The van der Waals surface area contributed by atoms with Crippen LogP contribution in [-0.2, 0) is 28.8 Å². The minimum Gasteiger partial charge on any atom is -0.481 e. The second-order valence-electron chi connectivity index (χ2n) is 7.92. The number of unbranched alkanes of at least 4 members (excludes halogenated alkanes) is 1. The lowest BCUT2D eigenvalue weighted by molar-refractivity contribution is -0.148. The molecule has 0 saturated heterocycles. The van der Waals surface area contributed by atoms with Crippen LogP contribution in [-0.4, -0.2) is 81.7 Å². The monoisotopic (exact) mass is 489 g/mol. The van der Waals surface area contributed by atoms with Gasteiger partial charge >= 0.3 is 17.9 Å². The van der Waals surface area contributed by atoms with Gasteiger partial charge in [0.05, 0.1) is 18.9 Å². The lowest BCUT2D eigenvalue weighted by Crippen LogP contribution is -2.59. The lowest BCUT2D eigenvalue weighted by atomic mass is 9.97. The van der Waals surface area contributed by atoms with Crippen molar-refractivity contribution >= 4 is 35.6 Å². The van der Waals surface area contributed by atoms with Crippen molar-refractivity contribution < 1.29 is 44.1 Å². The molecular formula is C20H35N5O9. The van der Waals surface area contributed by atoms with Crippen LogP contribution in [0.15, 0.2) is 0 Å². The molecule has 0 bridgehead atoms. The topological polar surface area (TPSA) is 251 Å². The second-order valence-corrected chi connectivity index (χ2v) is 7.92. The van der Waals surface area contributed by atoms with Gasteiger partial charge in [-0.3, -0.25) is 24.0 Å². The van der Waals surface area contributed by atoms with E-state index in [9.17, 15) is 28.8 Å². The van der Waals surface area contributed by atoms with Crippen molar-refractivity contribution in [2.24, 2.45) is 17.4 Å². The summed E-state index contributed by atoms with van der Waals surface area (Å²) in [5, 5.41) is 33.6. The van der Waals surface area contributed by atoms with Gasteiger partial charge in [0, 0.05) is 0 Å². The highest BCUT2D eigenvalue weighted by atomic mass is 16.4. The molecule has 0 aliphatic rings. The van der Waals surface area contributed by atoms with Gasteiger partial charge < -0.3 is 42.7 Å². The van der Waals surface area contributed by atoms with Crippen molar-refractivity contribution in [3.8, 4) is 0 Å². The van der Waals surface area contributed by atoms with Crippen LogP contribution in [0.25, 0.3) is 0 Å². The van der Waals surface area contributed by atoms with Crippen molar-refractivity contribution in [1.29, 1.82) is 0 Å². The molecule has 0 radical (unpaired) electrons. The Morgan fingerprint density at radius 3 is 1.79 bits per heavy atom. The zero-order valence-electron chi connectivity index (χ0n) is 19.3. The van der Waals surface area contributed by atoms with E-state index in [0.29, 0.717) is 32.2 Å². The van der Waals surface area contributed by atoms with Crippen LogP contribution in [0.4, 0.5) is 0 Å². The summed E-state index contributed by atoms with van der Waals surface area (Å²) in [5.41, 5.74) is 11.3.